The number of hydrogen-bond donors (Lipinski definition) is 0. The van der Waals surface area contributed by atoms with Crippen LogP contribution >= 0.6 is 0 Å². The van der Waals surface area contributed by atoms with E-state index in [4.69, 9.17) is 4.42 Å². The summed E-state index contributed by atoms with van der Waals surface area (Å²) in [5, 5.41) is 0. The number of nitrogens with zero attached hydrogens (tertiary/aromatic N) is 2. The highest BCUT2D eigenvalue weighted by atomic mass is 16.3. The van der Waals surface area contributed by atoms with Crippen molar-refractivity contribution in [3.8, 4) is 11.3 Å². The Balaban J connectivity index is 2.47. The molecule has 4 heteroatoms. The van der Waals surface area contributed by atoms with Gasteiger partial charge in [-0.3, -0.25) is 9.78 Å². The molecule has 64 valence electrons. The fourth-order valence-corrected chi connectivity index (χ4v) is 1.02. The maximum absolute atomic E-state index is 10.4. The van der Waals surface area contributed by atoms with Gasteiger partial charge in [0.2, 0.25) is 0 Å². The largest absolute Gasteiger partial charge is 0.443 e. The maximum atomic E-state index is 10.4. The van der Waals surface area contributed by atoms with Gasteiger partial charge in [-0.05, 0) is 6.07 Å². The minimum atomic E-state index is 0.522. The third-order valence-corrected chi connectivity index (χ3v) is 1.61. The zero-order chi connectivity index (χ0) is 9.10. The summed E-state index contributed by atoms with van der Waals surface area (Å²) in [6, 6.07) is 1.69. The summed E-state index contributed by atoms with van der Waals surface area (Å²) in [6.45, 7) is 0. The van der Waals surface area contributed by atoms with E-state index in [1.807, 2.05) is 0 Å². The van der Waals surface area contributed by atoms with E-state index in [0.717, 1.165) is 11.8 Å². The molecule has 0 amide bonds. The van der Waals surface area contributed by atoms with Crippen molar-refractivity contribution in [3.63, 3.8) is 0 Å². The highest BCUT2D eigenvalue weighted by molar-refractivity contribution is 5.76. The molecule has 0 saturated carbocycles. The highest BCUT2D eigenvalue weighted by Crippen LogP contribution is 2.17. The molecule has 13 heavy (non-hydrogen) atoms. The maximum Gasteiger partial charge on any atom is 0.181 e. The van der Waals surface area contributed by atoms with Crippen molar-refractivity contribution >= 4 is 6.29 Å². The van der Waals surface area contributed by atoms with Gasteiger partial charge in [-0.25, -0.2) is 4.98 Å². The van der Waals surface area contributed by atoms with Gasteiger partial charge in [-0.1, -0.05) is 0 Å². The van der Waals surface area contributed by atoms with Crippen LogP contribution in [0.1, 0.15) is 10.4 Å². The summed E-state index contributed by atoms with van der Waals surface area (Å²) in [5.74, 6) is 0.608. The summed E-state index contributed by atoms with van der Waals surface area (Å²) in [6.07, 6.45) is 6.77. The first-order chi connectivity index (χ1) is 6.40. The first kappa shape index (κ1) is 7.67. The van der Waals surface area contributed by atoms with Gasteiger partial charge >= 0.3 is 0 Å². The third kappa shape index (κ3) is 1.46. The summed E-state index contributed by atoms with van der Waals surface area (Å²) < 4.78 is 5.05. The average Bonchev–Trinajstić information content (AvgIpc) is 2.71. The van der Waals surface area contributed by atoms with E-state index in [0.29, 0.717) is 11.3 Å². The lowest BCUT2D eigenvalue weighted by Crippen LogP contribution is -1.83. The van der Waals surface area contributed by atoms with Crippen molar-refractivity contribution in [2.75, 3.05) is 0 Å². The number of aromatic nitrogens is 2. The van der Waals surface area contributed by atoms with Crippen LogP contribution in [0.3, 0.4) is 0 Å². The molecule has 0 unspecified atom stereocenters. The Kier molecular flexibility index (Phi) is 1.88. The Morgan fingerprint density at radius 3 is 2.85 bits per heavy atom. The molecule has 2 heterocycles. The van der Waals surface area contributed by atoms with Crippen LogP contribution in [0.4, 0.5) is 0 Å². The van der Waals surface area contributed by atoms with Crippen molar-refractivity contribution in [1.29, 1.82) is 0 Å². The Hall–Kier alpha value is -1.97. The fraction of sp³-hybridized carbons (Fsp3) is 0. The van der Waals surface area contributed by atoms with Crippen LogP contribution in [0, 0.1) is 0 Å². The molecule has 0 aliphatic rings. The standard InChI is InChI=1S/C9H6N2O2/c12-5-7-1-8(3-10-2-7)9-4-11-6-13-9/h1-6H. The molecule has 2 rings (SSSR count). The second-order valence-corrected chi connectivity index (χ2v) is 2.49. The van der Waals surface area contributed by atoms with E-state index >= 15 is 0 Å². The van der Waals surface area contributed by atoms with Crippen LogP contribution in [0.25, 0.3) is 11.3 Å². The van der Waals surface area contributed by atoms with E-state index in [-0.39, 0.29) is 0 Å². The lowest BCUT2D eigenvalue weighted by Gasteiger charge is -1.94. The number of pyridine rings is 1. The van der Waals surface area contributed by atoms with Gasteiger partial charge in [0.1, 0.15) is 0 Å². The Bertz CT molecular complexity index is 409. The molecule has 0 aromatic carbocycles. The van der Waals surface area contributed by atoms with Crippen LogP contribution in [-0.4, -0.2) is 16.3 Å². The molecule has 0 spiro atoms. The third-order valence-electron chi connectivity index (χ3n) is 1.61. The van der Waals surface area contributed by atoms with Crippen molar-refractivity contribution < 1.29 is 9.21 Å². The van der Waals surface area contributed by atoms with E-state index in [9.17, 15) is 4.79 Å². The minimum absolute atomic E-state index is 0.522. The first-order valence-electron chi connectivity index (χ1n) is 3.69. The lowest BCUT2D eigenvalue weighted by atomic mass is 10.2. The molecule has 0 radical (unpaired) electrons. The molecule has 4 nitrogen and oxygen atoms in total. The molecule has 2 aromatic rings. The highest BCUT2D eigenvalue weighted by Gasteiger charge is 2.01. The smallest absolute Gasteiger partial charge is 0.181 e. The number of oxazole rings is 1. The second kappa shape index (κ2) is 3.18. The topological polar surface area (TPSA) is 56.0 Å². The Morgan fingerprint density at radius 1 is 1.23 bits per heavy atom. The molecular weight excluding hydrogens is 168 g/mol. The van der Waals surface area contributed by atoms with Crippen molar-refractivity contribution in [2.24, 2.45) is 0 Å². The summed E-state index contributed by atoms with van der Waals surface area (Å²) in [4.78, 5) is 18.1. The van der Waals surface area contributed by atoms with Crippen LogP contribution < -0.4 is 0 Å². The van der Waals surface area contributed by atoms with Crippen molar-refractivity contribution in [2.45, 2.75) is 0 Å². The molecule has 0 N–H and O–H groups in total. The van der Waals surface area contributed by atoms with Gasteiger partial charge in [-0.2, -0.15) is 0 Å². The molecule has 0 aliphatic heterocycles. The molecule has 0 saturated heterocycles. The van der Waals surface area contributed by atoms with E-state index in [1.54, 1.807) is 18.5 Å². The monoisotopic (exact) mass is 174 g/mol. The average molecular weight is 174 g/mol. The van der Waals surface area contributed by atoms with E-state index in [1.165, 1.54) is 12.6 Å². The first-order valence-corrected chi connectivity index (χ1v) is 3.69. The van der Waals surface area contributed by atoms with E-state index < -0.39 is 0 Å². The van der Waals surface area contributed by atoms with Gasteiger partial charge in [0.25, 0.3) is 0 Å². The van der Waals surface area contributed by atoms with Gasteiger partial charge in [0.15, 0.2) is 18.4 Å². The molecule has 0 atom stereocenters. The number of carbonyl (C=O) groups excluding carboxylic acids is 1. The van der Waals surface area contributed by atoms with Gasteiger partial charge in [0, 0.05) is 23.5 Å². The minimum Gasteiger partial charge on any atom is -0.443 e. The van der Waals surface area contributed by atoms with Crippen LogP contribution in [0.2, 0.25) is 0 Å². The van der Waals surface area contributed by atoms with Gasteiger partial charge in [0.05, 0.1) is 6.20 Å². The number of hydrogen-bond acceptors (Lipinski definition) is 4. The summed E-state index contributed by atoms with van der Waals surface area (Å²) in [5.41, 5.74) is 1.27. The SMILES string of the molecule is O=Cc1cncc(-c2cnco2)c1. The predicted molar refractivity (Wildman–Crippen MR) is 45.1 cm³/mol. The number of rotatable bonds is 2. The summed E-state index contributed by atoms with van der Waals surface area (Å²) >= 11 is 0. The molecular formula is C9H6N2O2. The van der Waals surface area contributed by atoms with Crippen LogP contribution in [-0.2, 0) is 0 Å². The fourth-order valence-electron chi connectivity index (χ4n) is 1.02. The quantitative estimate of drug-likeness (QED) is 0.648. The number of carbonyl (C=O) groups is 1. The van der Waals surface area contributed by atoms with Crippen molar-refractivity contribution in [1.82, 2.24) is 9.97 Å². The lowest BCUT2D eigenvalue weighted by molar-refractivity contribution is 0.112. The van der Waals surface area contributed by atoms with Crippen LogP contribution in [0.15, 0.2) is 35.5 Å². The zero-order valence-corrected chi connectivity index (χ0v) is 6.68. The van der Waals surface area contributed by atoms with Crippen molar-refractivity contribution in [3.05, 3.63) is 36.6 Å². The summed E-state index contributed by atoms with van der Waals surface area (Å²) in [7, 11) is 0. The number of aldehydes is 1. The molecule has 0 aliphatic carbocycles. The predicted octanol–water partition coefficient (Wildman–Crippen LogP) is 1.55. The zero-order valence-electron chi connectivity index (χ0n) is 6.68. The van der Waals surface area contributed by atoms with Crippen LogP contribution in [0.5, 0.6) is 0 Å². The molecule has 0 fully saturated rings. The normalized spacial score (nSPS) is 9.85. The Labute approximate surface area is 74.2 Å². The Morgan fingerprint density at radius 2 is 2.15 bits per heavy atom. The van der Waals surface area contributed by atoms with Gasteiger partial charge < -0.3 is 4.42 Å². The van der Waals surface area contributed by atoms with Gasteiger partial charge in [-0.15, -0.1) is 0 Å². The molecule has 0 bridgehead atoms. The second-order valence-electron chi connectivity index (χ2n) is 2.49. The molecule has 2 aromatic heterocycles. The van der Waals surface area contributed by atoms with E-state index in [2.05, 4.69) is 9.97 Å².